The summed E-state index contributed by atoms with van der Waals surface area (Å²) in [5.41, 5.74) is 1.01. The van der Waals surface area contributed by atoms with Crippen LogP contribution in [0.1, 0.15) is 24.4 Å². The minimum absolute atomic E-state index is 0.0837. The lowest BCUT2D eigenvalue weighted by molar-refractivity contribution is -0.146. The largest absolute Gasteiger partial charge is 0.344 e. The number of piperidine rings is 1. The molecule has 2 heterocycles. The second-order valence-electron chi connectivity index (χ2n) is 6.53. The van der Waals surface area contributed by atoms with Gasteiger partial charge in [0.25, 0.3) is 0 Å². The van der Waals surface area contributed by atoms with Gasteiger partial charge in [0, 0.05) is 39.5 Å². The number of aromatic nitrogens is 2. The van der Waals surface area contributed by atoms with Crippen molar-refractivity contribution in [3.63, 3.8) is 0 Å². The third-order valence-corrected chi connectivity index (χ3v) is 4.92. The van der Waals surface area contributed by atoms with Gasteiger partial charge >= 0.3 is 0 Å². The summed E-state index contributed by atoms with van der Waals surface area (Å²) < 4.78 is 1.81. The van der Waals surface area contributed by atoms with E-state index in [9.17, 15) is 9.59 Å². The molecule has 6 nitrogen and oxygen atoms in total. The average Bonchev–Trinajstić information content (AvgIpc) is 3.15. The van der Waals surface area contributed by atoms with E-state index in [4.69, 9.17) is 0 Å². The molecule has 1 aromatic heterocycles. The smallest absolute Gasteiger partial charge is 0.227 e. The van der Waals surface area contributed by atoms with Gasteiger partial charge in [-0.15, -0.1) is 0 Å². The first-order valence-electron chi connectivity index (χ1n) is 8.61. The minimum atomic E-state index is -0.215. The van der Waals surface area contributed by atoms with Gasteiger partial charge in [-0.05, 0) is 18.1 Å². The Balaban J connectivity index is 1.75. The molecule has 0 spiro atoms. The molecule has 0 bridgehead atoms. The maximum absolute atomic E-state index is 13.1. The molecular weight excluding hydrogens is 316 g/mol. The first kappa shape index (κ1) is 17.2. The zero-order valence-corrected chi connectivity index (χ0v) is 14.7. The number of hydrogen-bond donors (Lipinski definition) is 0. The molecule has 0 radical (unpaired) electrons. The maximum Gasteiger partial charge on any atom is 0.227 e. The van der Waals surface area contributed by atoms with Gasteiger partial charge in [-0.1, -0.05) is 30.3 Å². The van der Waals surface area contributed by atoms with Crippen molar-refractivity contribution >= 4 is 11.8 Å². The van der Waals surface area contributed by atoms with Crippen LogP contribution >= 0.6 is 0 Å². The van der Waals surface area contributed by atoms with E-state index in [0.717, 1.165) is 5.56 Å². The summed E-state index contributed by atoms with van der Waals surface area (Å²) in [6.07, 6.45) is 4.63. The molecule has 1 saturated heterocycles. The molecule has 1 aromatic carbocycles. The number of likely N-dealkylation sites (N-methyl/N-ethyl adjacent to an activating group) is 1. The standard InChI is InChI=1S/C19H24N4O2/c1-21(13-14-23-12-6-11-20-23)19(25)16-9-10-17(24)22(2)18(16)15-7-4-3-5-8-15/h3-8,11-12,16,18H,9-10,13-14H2,1-2H3. The van der Waals surface area contributed by atoms with E-state index in [1.165, 1.54) is 0 Å². The molecule has 1 fully saturated rings. The van der Waals surface area contributed by atoms with Crippen molar-refractivity contribution in [2.75, 3.05) is 20.6 Å². The van der Waals surface area contributed by atoms with Crippen LogP contribution in [0, 0.1) is 5.92 Å². The average molecular weight is 340 g/mol. The number of carbonyl (C=O) groups is 2. The Morgan fingerprint density at radius 1 is 1.28 bits per heavy atom. The van der Waals surface area contributed by atoms with Crippen LogP contribution in [0.25, 0.3) is 0 Å². The van der Waals surface area contributed by atoms with E-state index in [-0.39, 0.29) is 23.8 Å². The van der Waals surface area contributed by atoms with Crippen LogP contribution in [0.3, 0.4) is 0 Å². The maximum atomic E-state index is 13.1. The molecular formula is C19H24N4O2. The van der Waals surface area contributed by atoms with Crippen molar-refractivity contribution in [2.45, 2.75) is 25.4 Å². The number of likely N-dealkylation sites (tertiary alicyclic amines) is 1. The zero-order chi connectivity index (χ0) is 17.8. The predicted molar refractivity (Wildman–Crippen MR) is 94.5 cm³/mol. The Morgan fingerprint density at radius 2 is 2.04 bits per heavy atom. The highest BCUT2D eigenvalue weighted by atomic mass is 16.2. The fourth-order valence-corrected chi connectivity index (χ4v) is 3.48. The Bertz CT molecular complexity index is 714. The van der Waals surface area contributed by atoms with Crippen LogP contribution in [0.4, 0.5) is 0 Å². The first-order valence-corrected chi connectivity index (χ1v) is 8.61. The van der Waals surface area contributed by atoms with Gasteiger partial charge in [-0.3, -0.25) is 14.3 Å². The monoisotopic (exact) mass is 340 g/mol. The molecule has 6 heteroatoms. The van der Waals surface area contributed by atoms with Gasteiger partial charge < -0.3 is 9.80 Å². The second kappa shape index (κ2) is 7.51. The van der Waals surface area contributed by atoms with E-state index in [1.54, 1.807) is 23.0 Å². The van der Waals surface area contributed by atoms with Crippen LogP contribution in [0.2, 0.25) is 0 Å². The summed E-state index contributed by atoms with van der Waals surface area (Å²) in [7, 11) is 3.62. The topological polar surface area (TPSA) is 58.4 Å². The first-order chi connectivity index (χ1) is 12.1. The number of rotatable bonds is 5. The van der Waals surface area contributed by atoms with Crippen LogP contribution in [0.15, 0.2) is 48.8 Å². The SMILES string of the molecule is CN(CCn1cccn1)C(=O)C1CCC(=O)N(C)C1c1ccccc1. The lowest BCUT2D eigenvalue weighted by atomic mass is 9.83. The van der Waals surface area contributed by atoms with Crippen molar-refractivity contribution in [2.24, 2.45) is 5.92 Å². The quantitative estimate of drug-likeness (QED) is 0.836. The Kier molecular flexibility index (Phi) is 5.16. The molecule has 1 aliphatic rings. The van der Waals surface area contributed by atoms with E-state index < -0.39 is 0 Å². The van der Waals surface area contributed by atoms with Crippen molar-refractivity contribution in [3.8, 4) is 0 Å². The van der Waals surface area contributed by atoms with E-state index in [2.05, 4.69) is 5.10 Å². The molecule has 132 valence electrons. The third kappa shape index (κ3) is 3.73. The number of benzene rings is 1. The van der Waals surface area contributed by atoms with E-state index >= 15 is 0 Å². The van der Waals surface area contributed by atoms with Crippen LogP contribution in [-0.4, -0.2) is 52.0 Å². The molecule has 2 unspecified atom stereocenters. The lowest BCUT2D eigenvalue weighted by Crippen LogP contribution is -2.47. The summed E-state index contributed by atoms with van der Waals surface area (Å²) in [4.78, 5) is 28.7. The van der Waals surface area contributed by atoms with Crippen molar-refractivity contribution in [1.82, 2.24) is 19.6 Å². The van der Waals surface area contributed by atoms with Crippen molar-refractivity contribution in [3.05, 3.63) is 54.4 Å². The van der Waals surface area contributed by atoms with Crippen LogP contribution in [-0.2, 0) is 16.1 Å². The summed E-state index contributed by atoms with van der Waals surface area (Å²) in [5, 5.41) is 4.17. The molecule has 25 heavy (non-hydrogen) atoms. The third-order valence-electron chi connectivity index (χ3n) is 4.92. The molecule has 0 saturated carbocycles. The molecule has 1 aliphatic heterocycles. The lowest BCUT2D eigenvalue weighted by Gasteiger charge is -2.40. The Hall–Kier alpha value is -2.63. The molecule has 2 aromatic rings. The number of carbonyl (C=O) groups excluding carboxylic acids is 2. The van der Waals surface area contributed by atoms with Gasteiger partial charge in [-0.2, -0.15) is 5.10 Å². The van der Waals surface area contributed by atoms with Gasteiger partial charge in [0.15, 0.2) is 0 Å². The summed E-state index contributed by atoms with van der Waals surface area (Å²) in [6.45, 7) is 1.25. The molecule has 2 amide bonds. The van der Waals surface area contributed by atoms with Crippen LogP contribution < -0.4 is 0 Å². The summed E-state index contributed by atoms with van der Waals surface area (Å²) >= 11 is 0. The van der Waals surface area contributed by atoms with Gasteiger partial charge in [-0.25, -0.2) is 0 Å². The molecule has 0 N–H and O–H groups in total. The molecule has 2 atom stereocenters. The highest BCUT2D eigenvalue weighted by Gasteiger charge is 2.39. The van der Waals surface area contributed by atoms with Crippen molar-refractivity contribution in [1.29, 1.82) is 0 Å². The number of hydrogen-bond acceptors (Lipinski definition) is 3. The highest BCUT2D eigenvalue weighted by Crippen LogP contribution is 2.36. The van der Waals surface area contributed by atoms with Gasteiger partial charge in [0.05, 0.1) is 18.5 Å². The van der Waals surface area contributed by atoms with Gasteiger partial charge in [0.2, 0.25) is 11.8 Å². The number of nitrogens with zero attached hydrogens (tertiary/aromatic N) is 4. The predicted octanol–water partition coefficient (Wildman–Crippen LogP) is 1.95. The van der Waals surface area contributed by atoms with E-state index in [0.29, 0.717) is 25.9 Å². The minimum Gasteiger partial charge on any atom is -0.344 e. The fourth-order valence-electron chi connectivity index (χ4n) is 3.48. The zero-order valence-electron chi connectivity index (χ0n) is 14.7. The fraction of sp³-hybridized carbons (Fsp3) is 0.421. The van der Waals surface area contributed by atoms with Crippen LogP contribution in [0.5, 0.6) is 0 Å². The van der Waals surface area contributed by atoms with E-state index in [1.807, 2.05) is 54.3 Å². The number of amides is 2. The Labute approximate surface area is 148 Å². The Morgan fingerprint density at radius 3 is 2.72 bits per heavy atom. The normalized spacial score (nSPS) is 20.6. The van der Waals surface area contributed by atoms with Crippen molar-refractivity contribution < 1.29 is 9.59 Å². The highest BCUT2D eigenvalue weighted by molar-refractivity contribution is 5.84. The molecule has 3 rings (SSSR count). The molecule has 0 aliphatic carbocycles. The van der Waals surface area contributed by atoms with Gasteiger partial charge in [0.1, 0.15) is 0 Å². The second-order valence-corrected chi connectivity index (χ2v) is 6.53. The summed E-state index contributed by atoms with van der Waals surface area (Å²) in [5.74, 6) is -0.0369. The summed E-state index contributed by atoms with van der Waals surface area (Å²) in [6, 6.07) is 11.5.